The molecular formula is C8H16N2O3S. The SMILES string of the molecule is CC(C)OCCNS(=O)(=O)C(C)C#N. The van der Waals surface area contributed by atoms with E-state index in [4.69, 9.17) is 10.00 Å². The Hall–Kier alpha value is -0.640. The lowest BCUT2D eigenvalue weighted by Gasteiger charge is -2.09. The number of rotatable bonds is 6. The first-order chi connectivity index (χ1) is 6.40. The summed E-state index contributed by atoms with van der Waals surface area (Å²) in [6, 6.07) is 1.66. The quantitative estimate of drug-likeness (QED) is 0.650. The number of hydrogen-bond acceptors (Lipinski definition) is 4. The van der Waals surface area contributed by atoms with Crippen LogP contribution in [0.4, 0.5) is 0 Å². The van der Waals surface area contributed by atoms with Crippen molar-refractivity contribution < 1.29 is 13.2 Å². The van der Waals surface area contributed by atoms with E-state index in [1.807, 2.05) is 13.8 Å². The molecule has 0 heterocycles. The van der Waals surface area contributed by atoms with E-state index in [1.54, 1.807) is 6.07 Å². The van der Waals surface area contributed by atoms with Crippen LogP contribution in [-0.2, 0) is 14.8 Å². The Kier molecular flexibility index (Phi) is 5.69. The molecule has 1 N–H and O–H groups in total. The van der Waals surface area contributed by atoms with Crippen molar-refractivity contribution in [2.45, 2.75) is 32.1 Å². The van der Waals surface area contributed by atoms with E-state index < -0.39 is 15.3 Å². The smallest absolute Gasteiger partial charge is 0.227 e. The molecule has 1 atom stereocenters. The van der Waals surface area contributed by atoms with Gasteiger partial charge in [-0.05, 0) is 20.8 Å². The minimum Gasteiger partial charge on any atom is -0.377 e. The van der Waals surface area contributed by atoms with Crippen LogP contribution in [0.5, 0.6) is 0 Å². The fraction of sp³-hybridized carbons (Fsp3) is 0.875. The molecule has 1 unspecified atom stereocenters. The molecular weight excluding hydrogens is 204 g/mol. The maximum absolute atomic E-state index is 11.2. The molecule has 0 saturated heterocycles. The van der Waals surface area contributed by atoms with Crippen LogP contribution in [0.3, 0.4) is 0 Å². The predicted molar refractivity (Wildman–Crippen MR) is 53.1 cm³/mol. The third kappa shape index (κ3) is 5.17. The topological polar surface area (TPSA) is 79.2 Å². The van der Waals surface area contributed by atoms with Gasteiger partial charge in [0.05, 0.1) is 18.8 Å². The van der Waals surface area contributed by atoms with Crippen molar-refractivity contribution in [2.75, 3.05) is 13.2 Å². The Morgan fingerprint density at radius 2 is 2.00 bits per heavy atom. The zero-order valence-electron chi connectivity index (χ0n) is 8.65. The van der Waals surface area contributed by atoms with E-state index in [2.05, 4.69) is 4.72 Å². The first-order valence-corrected chi connectivity index (χ1v) is 5.94. The highest BCUT2D eigenvalue weighted by atomic mass is 32.2. The summed E-state index contributed by atoms with van der Waals surface area (Å²) in [7, 11) is -3.50. The molecule has 0 rings (SSSR count). The number of nitrogens with zero attached hydrogens (tertiary/aromatic N) is 1. The van der Waals surface area contributed by atoms with Gasteiger partial charge in [-0.2, -0.15) is 5.26 Å². The van der Waals surface area contributed by atoms with Crippen LogP contribution in [-0.4, -0.2) is 32.9 Å². The van der Waals surface area contributed by atoms with Crippen molar-refractivity contribution >= 4 is 10.0 Å². The summed E-state index contributed by atoms with van der Waals surface area (Å²) in [4.78, 5) is 0. The lowest BCUT2D eigenvalue weighted by atomic mass is 10.5. The summed E-state index contributed by atoms with van der Waals surface area (Å²) in [6.07, 6.45) is 0.0768. The van der Waals surface area contributed by atoms with Gasteiger partial charge >= 0.3 is 0 Å². The third-order valence-corrected chi connectivity index (χ3v) is 3.15. The summed E-state index contributed by atoms with van der Waals surface area (Å²) in [5.74, 6) is 0. The minimum absolute atomic E-state index is 0.0768. The van der Waals surface area contributed by atoms with Crippen molar-refractivity contribution in [1.29, 1.82) is 5.26 Å². The molecule has 0 amide bonds. The van der Waals surface area contributed by atoms with Gasteiger partial charge in [0.15, 0.2) is 5.25 Å². The Morgan fingerprint density at radius 1 is 1.43 bits per heavy atom. The van der Waals surface area contributed by atoms with E-state index in [0.717, 1.165) is 0 Å². The van der Waals surface area contributed by atoms with Gasteiger partial charge in [-0.3, -0.25) is 0 Å². The summed E-state index contributed by atoms with van der Waals surface area (Å²) in [6.45, 7) is 5.59. The molecule has 0 aliphatic rings. The molecule has 0 aliphatic heterocycles. The van der Waals surface area contributed by atoms with Gasteiger partial charge in [-0.1, -0.05) is 0 Å². The average molecular weight is 220 g/mol. The zero-order valence-corrected chi connectivity index (χ0v) is 9.47. The van der Waals surface area contributed by atoms with Crippen molar-refractivity contribution in [3.63, 3.8) is 0 Å². The first kappa shape index (κ1) is 13.4. The number of hydrogen-bond donors (Lipinski definition) is 1. The molecule has 0 bridgehead atoms. The van der Waals surface area contributed by atoms with E-state index >= 15 is 0 Å². The van der Waals surface area contributed by atoms with Crippen molar-refractivity contribution in [3.8, 4) is 6.07 Å². The van der Waals surface area contributed by atoms with Gasteiger partial charge in [0.1, 0.15) is 0 Å². The minimum atomic E-state index is -3.50. The van der Waals surface area contributed by atoms with E-state index in [0.29, 0.717) is 6.61 Å². The molecule has 6 heteroatoms. The molecule has 5 nitrogen and oxygen atoms in total. The molecule has 0 fully saturated rings. The molecule has 0 saturated carbocycles. The lowest BCUT2D eigenvalue weighted by molar-refractivity contribution is 0.0833. The van der Waals surface area contributed by atoms with Gasteiger partial charge in [0.2, 0.25) is 10.0 Å². The molecule has 82 valence electrons. The predicted octanol–water partition coefficient (Wildman–Crippen LogP) is 0.243. The second kappa shape index (κ2) is 5.96. The van der Waals surface area contributed by atoms with Gasteiger partial charge < -0.3 is 4.74 Å². The van der Waals surface area contributed by atoms with Crippen molar-refractivity contribution in [3.05, 3.63) is 0 Å². The molecule has 0 radical (unpaired) electrons. The molecule has 14 heavy (non-hydrogen) atoms. The molecule has 0 aromatic carbocycles. The second-order valence-electron chi connectivity index (χ2n) is 3.13. The lowest BCUT2D eigenvalue weighted by Crippen LogP contribution is -2.34. The van der Waals surface area contributed by atoms with Crippen LogP contribution >= 0.6 is 0 Å². The highest BCUT2D eigenvalue weighted by Gasteiger charge is 2.18. The molecule has 0 aliphatic carbocycles. The number of nitrogens with one attached hydrogen (secondary N) is 1. The van der Waals surface area contributed by atoms with Crippen LogP contribution in [0, 0.1) is 11.3 Å². The Balaban J connectivity index is 3.85. The van der Waals surface area contributed by atoms with Crippen LogP contribution in [0.2, 0.25) is 0 Å². The van der Waals surface area contributed by atoms with Crippen molar-refractivity contribution in [1.82, 2.24) is 4.72 Å². The van der Waals surface area contributed by atoms with Gasteiger partial charge in [-0.15, -0.1) is 0 Å². The average Bonchev–Trinajstić information content (AvgIpc) is 2.10. The Labute approximate surface area is 85.1 Å². The van der Waals surface area contributed by atoms with E-state index in [9.17, 15) is 8.42 Å². The maximum atomic E-state index is 11.2. The fourth-order valence-electron chi connectivity index (χ4n) is 0.673. The standard InChI is InChI=1S/C8H16N2O3S/c1-7(2)13-5-4-10-14(11,12)8(3)6-9/h7-8,10H,4-5H2,1-3H3. The van der Waals surface area contributed by atoms with E-state index in [-0.39, 0.29) is 12.6 Å². The maximum Gasteiger partial charge on any atom is 0.227 e. The summed E-state index contributed by atoms with van der Waals surface area (Å²) < 4.78 is 29.9. The summed E-state index contributed by atoms with van der Waals surface area (Å²) >= 11 is 0. The zero-order chi connectivity index (χ0) is 11.2. The van der Waals surface area contributed by atoms with Crippen LogP contribution < -0.4 is 4.72 Å². The Morgan fingerprint density at radius 3 is 2.43 bits per heavy atom. The number of sulfonamides is 1. The highest BCUT2D eigenvalue weighted by molar-refractivity contribution is 7.90. The fourth-order valence-corrected chi connectivity index (χ4v) is 1.43. The van der Waals surface area contributed by atoms with Crippen molar-refractivity contribution in [2.24, 2.45) is 0 Å². The van der Waals surface area contributed by atoms with Crippen LogP contribution in [0.25, 0.3) is 0 Å². The van der Waals surface area contributed by atoms with Gasteiger partial charge in [0.25, 0.3) is 0 Å². The third-order valence-electron chi connectivity index (χ3n) is 1.50. The first-order valence-electron chi connectivity index (χ1n) is 4.40. The van der Waals surface area contributed by atoms with Crippen LogP contribution in [0.1, 0.15) is 20.8 Å². The van der Waals surface area contributed by atoms with Gasteiger partial charge in [0, 0.05) is 6.54 Å². The molecule has 0 aromatic rings. The summed E-state index contributed by atoms with van der Waals surface area (Å²) in [5, 5.41) is 7.39. The van der Waals surface area contributed by atoms with E-state index in [1.165, 1.54) is 6.92 Å². The van der Waals surface area contributed by atoms with Crippen LogP contribution in [0.15, 0.2) is 0 Å². The van der Waals surface area contributed by atoms with Gasteiger partial charge in [-0.25, -0.2) is 13.1 Å². The normalized spacial score (nSPS) is 13.9. The number of nitriles is 1. The monoisotopic (exact) mass is 220 g/mol. The highest BCUT2D eigenvalue weighted by Crippen LogP contribution is 1.95. The molecule has 0 aromatic heterocycles. The second-order valence-corrected chi connectivity index (χ2v) is 5.22. The largest absolute Gasteiger partial charge is 0.377 e. The molecule has 0 spiro atoms. The summed E-state index contributed by atoms with van der Waals surface area (Å²) in [5.41, 5.74) is 0. The number of ether oxygens (including phenoxy) is 1. The Bertz CT molecular complexity index is 292.